The number of carbonyl (C=O) groups excluding carboxylic acids is 2. The SMILES string of the molecule is O=C(CSc1ccc(Cl)cc1)NCC(=O)Nc1ccc(F)c(F)c1F. The Bertz CT molecular complexity index is 788. The van der Waals surface area contributed by atoms with Gasteiger partial charge in [-0.1, -0.05) is 11.6 Å². The van der Waals surface area contributed by atoms with Crippen LogP contribution in [0.15, 0.2) is 41.3 Å². The van der Waals surface area contributed by atoms with Gasteiger partial charge in [-0.2, -0.15) is 0 Å². The maximum absolute atomic E-state index is 13.4. The monoisotopic (exact) mass is 388 g/mol. The maximum atomic E-state index is 13.4. The predicted molar refractivity (Wildman–Crippen MR) is 90.1 cm³/mol. The molecule has 0 unspecified atom stereocenters. The summed E-state index contributed by atoms with van der Waals surface area (Å²) in [6.45, 7) is -0.432. The molecule has 0 saturated carbocycles. The lowest BCUT2D eigenvalue weighted by atomic mass is 10.2. The van der Waals surface area contributed by atoms with E-state index in [1.54, 1.807) is 24.3 Å². The molecule has 0 aliphatic carbocycles. The van der Waals surface area contributed by atoms with E-state index in [2.05, 4.69) is 10.6 Å². The van der Waals surface area contributed by atoms with E-state index in [0.717, 1.165) is 11.0 Å². The van der Waals surface area contributed by atoms with Crippen LogP contribution in [0.5, 0.6) is 0 Å². The van der Waals surface area contributed by atoms with Crippen molar-refractivity contribution in [3.8, 4) is 0 Å². The van der Waals surface area contributed by atoms with Crippen molar-refractivity contribution in [2.24, 2.45) is 0 Å². The van der Waals surface area contributed by atoms with Gasteiger partial charge in [0.1, 0.15) is 0 Å². The lowest BCUT2D eigenvalue weighted by Gasteiger charge is -2.08. The minimum atomic E-state index is -1.68. The standard InChI is InChI=1S/C16H12ClF3N2O2S/c17-9-1-3-10(4-2-9)25-8-14(24)21-7-13(23)22-12-6-5-11(18)15(19)16(12)20/h1-6H,7-8H2,(H,21,24)(H,22,23). The molecule has 2 rings (SSSR count). The van der Waals surface area contributed by atoms with Gasteiger partial charge in [0.25, 0.3) is 0 Å². The smallest absolute Gasteiger partial charge is 0.243 e. The molecule has 0 aromatic heterocycles. The summed E-state index contributed by atoms with van der Waals surface area (Å²) in [6, 6.07) is 8.45. The van der Waals surface area contributed by atoms with Gasteiger partial charge < -0.3 is 10.6 Å². The van der Waals surface area contributed by atoms with Gasteiger partial charge in [-0.05, 0) is 36.4 Å². The van der Waals surface area contributed by atoms with Crippen LogP contribution in [0.4, 0.5) is 18.9 Å². The summed E-state index contributed by atoms with van der Waals surface area (Å²) in [7, 11) is 0. The first-order chi connectivity index (χ1) is 11.9. The Labute approximate surface area is 150 Å². The van der Waals surface area contributed by atoms with Gasteiger partial charge in [0.2, 0.25) is 11.8 Å². The van der Waals surface area contributed by atoms with Gasteiger partial charge in [0, 0.05) is 9.92 Å². The van der Waals surface area contributed by atoms with Crippen LogP contribution < -0.4 is 10.6 Å². The van der Waals surface area contributed by atoms with Crippen LogP contribution in [-0.2, 0) is 9.59 Å². The van der Waals surface area contributed by atoms with Crippen LogP contribution in [0, 0.1) is 17.5 Å². The molecular formula is C16H12ClF3N2O2S. The summed E-state index contributed by atoms with van der Waals surface area (Å²) in [6.07, 6.45) is 0. The highest BCUT2D eigenvalue weighted by Gasteiger charge is 2.15. The van der Waals surface area contributed by atoms with E-state index >= 15 is 0 Å². The second-order valence-electron chi connectivity index (χ2n) is 4.79. The minimum absolute atomic E-state index is 0.0639. The van der Waals surface area contributed by atoms with Crippen LogP contribution in [0.3, 0.4) is 0 Å². The average Bonchev–Trinajstić information content (AvgIpc) is 2.60. The second kappa shape index (κ2) is 8.77. The molecule has 25 heavy (non-hydrogen) atoms. The Morgan fingerprint density at radius 2 is 1.64 bits per heavy atom. The summed E-state index contributed by atoms with van der Waals surface area (Å²) in [5, 5.41) is 4.98. The van der Waals surface area contributed by atoms with Crippen molar-refractivity contribution >= 4 is 40.9 Å². The van der Waals surface area contributed by atoms with E-state index < -0.39 is 41.5 Å². The largest absolute Gasteiger partial charge is 0.346 e. The Balaban J connectivity index is 1.78. The first-order valence-electron chi connectivity index (χ1n) is 6.95. The number of carbonyl (C=O) groups is 2. The summed E-state index contributed by atoms with van der Waals surface area (Å²) in [4.78, 5) is 24.2. The van der Waals surface area contributed by atoms with Crippen LogP contribution in [0.2, 0.25) is 5.02 Å². The van der Waals surface area contributed by atoms with Crippen LogP contribution in [-0.4, -0.2) is 24.1 Å². The number of hydrogen-bond donors (Lipinski definition) is 2. The highest BCUT2D eigenvalue weighted by molar-refractivity contribution is 8.00. The number of amides is 2. The quantitative estimate of drug-likeness (QED) is 0.587. The number of halogens is 4. The third kappa shape index (κ3) is 5.68. The number of rotatable bonds is 6. The highest BCUT2D eigenvalue weighted by Crippen LogP contribution is 2.20. The Morgan fingerprint density at radius 3 is 2.32 bits per heavy atom. The van der Waals surface area contributed by atoms with Crippen LogP contribution in [0.25, 0.3) is 0 Å². The Kier molecular flexibility index (Phi) is 6.72. The van der Waals surface area contributed by atoms with Gasteiger partial charge >= 0.3 is 0 Å². The lowest BCUT2D eigenvalue weighted by Crippen LogP contribution is -2.34. The molecule has 0 saturated heterocycles. The molecule has 0 spiro atoms. The topological polar surface area (TPSA) is 58.2 Å². The maximum Gasteiger partial charge on any atom is 0.243 e. The fourth-order valence-electron chi connectivity index (χ4n) is 1.73. The molecule has 132 valence electrons. The van der Waals surface area contributed by atoms with Crippen LogP contribution in [0.1, 0.15) is 0 Å². The van der Waals surface area contributed by atoms with Gasteiger partial charge in [-0.25, -0.2) is 13.2 Å². The van der Waals surface area contributed by atoms with Crippen LogP contribution >= 0.6 is 23.4 Å². The molecule has 4 nitrogen and oxygen atoms in total. The summed E-state index contributed by atoms with van der Waals surface area (Å²) >= 11 is 7.00. The third-order valence-corrected chi connectivity index (χ3v) is 4.20. The number of thioether (sulfide) groups is 1. The van der Waals surface area contributed by atoms with E-state index in [1.165, 1.54) is 11.8 Å². The fraction of sp³-hybridized carbons (Fsp3) is 0.125. The van der Waals surface area contributed by atoms with Gasteiger partial charge in [0.15, 0.2) is 17.5 Å². The molecule has 0 aliphatic rings. The number of benzene rings is 2. The van der Waals surface area contributed by atoms with E-state index in [1.807, 2.05) is 0 Å². The van der Waals surface area contributed by atoms with Crippen molar-refractivity contribution < 1.29 is 22.8 Å². The molecule has 2 amide bonds. The van der Waals surface area contributed by atoms with Gasteiger partial charge in [-0.3, -0.25) is 9.59 Å². The molecule has 0 aliphatic heterocycles. The highest BCUT2D eigenvalue weighted by atomic mass is 35.5. The molecule has 2 N–H and O–H groups in total. The third-order valence-electron chi connectivity index (χ3n) is 2.94. The number of anilines is 1. The predicted octanol–water partition coefficient (Wildman–Crippen LogP) is 3.60. The molecule has 0 bridgehead atoms. The zero-order valence-corrected chi connectivity index (χ0v) is 14.2. The Hall–Kier alpha value is -2.19. The van der Waals surface area contributed by atoms with Crippen molar-refractivity contribution in [2.45, 2.75) is 4.90 Å². The van der Waals surface area contributed by atoms with Crippen molar-refractivity contribution in [2.75, 3.05) is 17.6 Å². The number of nitrogens with one attached hydrogen (secondary N) is 2. The van der Waals surface area contributed by atoms with E-state index in [9.17, 15) is 22.8 Å². The zero-order chi connectivity index (χ0) is 18.4. The zero-order valence-electron chi connectivity index (χ0n) is 12.6. The molecule has 2 aromatic rings. The van der Waals surface area contributed by atoms with Gasteiger partial charge in [-0.15, -0.1) is 11.8 Å². The molecule has 0 radical (unpaired) electrons. The molecule has 0 atom stereocenters. The molecule has 0 heterocycles. The second-order valence-corrected chi connectivity index (χ2v) is 6.28. The lowest BCUT2D eigenvalue weighted by molar-refractivity contribution is -0.122. The van der Waals surface area contributed by atoms with Crippen molar-refractivity contribution in [1.82, 2.24) is 5.32 Å². The Morgan fingerprint density at radius 1 is 0.960 bits per heavy atom. The first-order valence-corrected chi connectivity index (χ1v) is 8.31. The number of hydrogen-bond acceptors (Lipinski definition) is 3. The molecular weight excluding hydrogens is 377 g/mol. The summed E-state index contributed by atoms with van der Waals surface area (Å²) in [5.74, 6) is -5.66. The van der Waals surface area contributed by atoms with Crippen molar-refractivity contribution in [3.05, 3.63) is 58.9 Å². The summed E-state index contributed by atoms with van der Waals surface area (Å²) < 4.78 is 39.3. The minimum Gasteiger partial charge on any atom is -0.346 e. The molecule has 2 aromatic carbocycles. The van der Waals surface area contributed by atoms with E-state index in [-0.39, 0.29) is 5.75 Å². The summed E-state index contributed by atoms with van der Waals surface area (Å²) in [5.41, 5.74) is -0.506. The normalized spacial score (nSPS) is 10.4. The molecule has 0 fully saturated rings. The fourth-order valence-corrected chi connectivity index (χ4v) is 2.58. The van der Waals surface area contributed by atoms with E-state index in [0.29, 0.717) is 11.1 Å². The van der Waals surface area contributed by atoms with Gasteiger partial charge in [0.05, 0.1) is 18.0 Å². The average molecular weight is 389 g/mol. The van der Waals surface area contributed by atoms with Crippen molar-refractivity contribution in [1.29, 1.82) is 0 Å². The first kappa shape index (κ1) is 19.1. The van der Waals surface area contributed by atoms with Crippen molar-refractivity contribution in [3.63, 3.8) is 0 Å². The van der Waals surface area contributed by atoms with E-state index in [4.69, 9.17) is 11.6 Å². The molecule has 9 heteroatoms.